The Hall–Kier alpha value is -2.07. The minimum atomic E-state index is -0.410. The molecule has 1 aliphatic carbocycles. The average molecular weight is 336 g/mol. The molecule has 0 aromatic heterocycles. The number of piperidine rings is 1. The lowest BCUT2D eigenvalue weighted by molar-refractivity contribution is -0.148. The second kappa shape index (κ2) is 5.21. The third-order valence-electron chi connectivity index (χ3n) is 6.37. The maximum absolute atomic E-state index is 12.2. The summed E-state index contributed by atoms with van der Waals surface area (Å²) >= 11 is 0. The number of anilines is 1. The number of ether oxygens (including phenoxy) is 1. The Morgan fingerprint density at radius 3 is 2.76 bits per heavy atom. The first-order valence-corrected chi connectivity index (χ1v) is 9.29. The summed E-state index contributed by atoms with van der Waals surface area (Å²) in [5.41, 5.74) is 4.27. The summed E-state index contributed by atoms with van der Waals surface area (Å²) in [7, 11) is 4.10. The number of nitrogens with zero attached hydrogens (tertiary/aromatic N) is 2. The summed E-state index contributed by atoms with van der Waals surface area (Å²) in [5.74, 6) is -0.168. The molecule has 4 aliphatic rings. The van der Waals surface area contributed by atoms with Crippen molar-refractivity contribution < 1.29 is 9.53 Å². The van der Waals surface area contributed by atoms with Crippen LogP contribution in [-0.4, -0.2) is 49.2 Å². The molecule has 0 unspecified atom stereocenters. The molecule has 0 radical (unpaired) electrons. The number of carbonyl (C=O) groups is 1. The van der Waals surface area contributed by atoms with E-state index in [1.165, 1.54) is 29.7 Å². The third kappa shape index (κ3) is 2.07. The maximum atomic E-state index is 12.2. The van der Waals surface area contributed by atoms with E-state index in [1.807, 2.05) is 14.1 Å². The summed E-state index contributed by atoms with van der Waals surface area (Å²) in [5, 5.41) is 0. The van der Waals surface area contributed by atoms with E-state index in [-0.39, 0.29) is 5.97 Å². The van der Waals surface area contributed by atoms with Crippen molar-refractivity contribution >= 4 is 17.2 Å². The van der Waals surface area contributed by atoms with E-state index < -0.39 is 5.60 Å². The van der Waals surface area contributed by atoms with E-state index in [0.29, 0.717) is 12.1 Å². The molecule has 0 saturated carbocycles. The first kappa shape index (κ1) is 15.2. The second-order valence-corrected chi connectivity index (χ2v) is 7.91. The fraction of sp³-hybridized carbons (Fsp3) is 0.476. The SMILES string of the molecule is CN(C)c1ccc(C2=C[C@@H]3C[C@@]4(OC(=O)C=C24)[C@H]2CCCCN32)cc1. The summed E-state index contributed by atoms with van der Waals surface area (Å²) in [4.78, 5) is 16.9. The number of rotatable bonds is 2. The minimum absolute atomic E-state index is 0.168. The first-order valence-electron chi connectivity index (χ1n) is 9.29. The summed E-state index contributed by atoms with van der Waals surface area (Å²) in [6.45, 7) is 1.12. The van der Waals surface area contributed by atoms with Crippen LogP contribution in [0, 0.1) is 0 Å². The Morgan fingerprint density at radius 2 is 2.00 bits per heavy atom. The predicted molar refractivity (Wildman–Crippen MR) is 98.4 cm³/mol. The summed E-state index contributed by atoms with van der Waals surface area (Å²) in [6, 6.07) is 9.36. The molecule has 1 aromatic rings. The maximum Gasteiger partial charge on any atom is 0.332 e. The van der Waals surface area contributed by atoms with Crippen LogP contribution < -0.4 is 4.90 Å². The molecule has 3 atom stereocenters. The third-order valence-corrected chi connectivity index (χ3v) is 6.37. The van der Waals surface area contributed by atoms with E-state index in [2.05, 4.69) is 40.1 Å². The molecule has 2 bridgehead atoms. The summed E-state index contributed by atoms with van der Waals surface area (Å²) in [6.07, 6.45) is 8.66. The Labute approximate surface area is 148 Å². The number of hydrogen-bond donors (Lipinski definition) is 0. The number of fused-ring (bicyclic) bond motifs is 3. The highest BCUT2D eigenvalue weighted by molar-refractivity contribution is 5.97. The Balaban J connectivity index is 1.61. The van der Waals surface area contributed by atoms with Crippen molar-refractivity contribution in [2.45, 2.75) is 43.4 Å². The van der Waals surface area contributed by atoms with E-state index in [1.54, 1.807) is 6.08 Å². The van der Waals surface area contributed by atoms with Gasteiger partial charge in [-0.3, -0.25) is 4.90 Å². The van der Waals surface area contributed by atoms with Crippen molar-refractivity contribution in [1.29, 1.82) is 0 Å². The molecule has 2 fully saturated rings. The lowest BCUT2D eigenvalue weighted by Crippen LogP contribution is -2.48. The van der Waals surface area contributed by atoms with Crippen LogP contribution in [0.5, 0.6) is 0 Å². The van der Waals surface area contributed by atoms with Gasteiger partial charge in [-0.2, -0.15) is 0 Å². The lowest BCUT2D eigenvalue weighted by Gasteiger charge is -2.38. The highest BCUT2D eigenvalue weighted by atomic mass is 16.6. The van der Waals surface area contributed by atoms with Crippen LogP contribution in [0.4, 0.5) is 5.69 Å². The number of hydrogen-bond acceptors (Lipinski definition) is 4. The highest BCUT2D eigenvalue weighted by Gasteiger charge is 2.61. The molecule has 0 amide bonds. The van der Waals surface area contributed by atoms with Crippen molar-refractivity contribution in [3.8, 4) is 0 Å². The monoisotopic (exact) mass is 336 g/mol. The van der Waals surface area contributed by atoms with Gasteiger partial charge in [-0.15, -0.1) is 0 Å². The smallest absolute Gasteiger partial charge is 0.332 e. The predicted octanol–water partition coefficient (Wildman–Crippen LogP) is 3.00. The first-order chi connectivity index (χ1) is 12.1. The van der Waals surface area contributed by atoms with Gasteiger partial charge in [-0.1, -0.05) is 24.6 Å². The lowest BCUT2D eigenvalue weighted by atomic mass is 9.75. The van der Waals surface area contributed by atoms with Crippen molar-refractivity contribution in [3.05, 3.63) is 47.6 Å². The fourth-order valence-electron chi connectivity index (χ4n) is 5.25. The standard InChI is InChI=1S/C21H24N2O2/c1-22(2)15-8-6-14(7-9-15)17-11-16-13-21(18(17)12-20(24)25-21)19-5-3-4-10-23(16)19/h6-9,11-12,16,19H,3-5,10,13H2,1-2H3/t16-,19-,21+/m1/s1. The van der Waals surface area contributed by atoms with Gasteiger partial charge in [0.1, 0.15) is 0 Å². The van der Waals surface area contributed by atoms with Crippen molar-refractivity contribution in [2.24, 2.45) is 0 Å². The van der Waals surface area contributed by atoms with E-state index in [4.69, 9.17) is 4.74 Å². The Morgan fingerprint density at radius 1 is 1.20 bits per heavy atom. The summed E-state index contributed by atoms with van der Waals surface area (Å²) < 4.78 is 6.00. The molecule has 3 aliphatic heterocycles. The Kier molecular flexibility index (Phi) is 3.17. The van der Waals surface area contributed by atoms with Gasteiger partial charge in [0.25, 0.3) is 0 Å². The molecule has 130 valence electrons. The zero-order valence-corrected chi connectivity index (χ0v) is 14.9. The van der Waals surface area contributed by atoms with Crippen LogP contribution in [0.2, 0.25) is 0 Å². The topological polar surface area (TPSA) is 32.8 Å². The van der Waals surface area contributed by atoms with Gasteiger partial charge in [0.15, 0.2) is 5.60 Å². The van der Waals surface area contributed by atoms with Gasteiger partial charge in [-0.05, 0) is 42.7 Å². The van der Waals surface area contributed by atoms with Crippen LogP contribution in [0.15, 0.2) is 42.0 Å². The molecule has 3 heterocycles. The fourth-order valence-corrected chi connectivity index (χ4v) is 5.25. The molecule has 5 rings (SSSR count). The Bertz CT molecular complexity index is 793. The van der Waals surface area contributed by atoms with Crippen molar-refractivity contribution in [2.75, 3.05) is 25.5 Å². The zero-order valence-electron chi connectivity index (χ0n) is 14.9. The van der Waals surface area contributed by atoms with Gasteiger partial charge in [0, 0.05) is 43.9 Å². The van der Waals surface area contributed by atoms with Gasteiger partial charge in [0.05, 0.1) is 6.04 Å². The quantitative estimate of drug-likeness (QED) is 0.777. The molecular weight excluding hydrogens is 312 g/mol. The van der Waals surface area contributed by atoms with Gasteiger partial charge < -0.3 is 9.64 Å². The number of esters is 1. The average Bonchev–Trinajstić information content (AvgIpc) is 3.10. The highest BCUT2D eigenvalue weighted by Crippen LogP contribution is 2.55. The van der Waals surface area contributed by atoms with Crippen molar-refractivity contribution in [1.82, 2.24) is 4.90 Å². The van der Waals surface area contributed by atoms with Crippen LogP contribution in [0.1, 0.15) is 31.2 Å². The second-order valence-electron chi connectivity index (χ2n) is 7.91. The molecule has 1 aromatic carbocycles. The molecular formula is C21H24N2O2. The van der Waals surface area contributed by atoms with E-state index in [0.717, 1.165) is 25.0 Å². The van der Waals surface area contributed by atoms with Gasteiger partial charge in [-0.25, -0.2) is 4.79 Å². The van der Waals surface area contributed by atoms with Gasteiger partial charge in [0.2, 0.25) is 0 Å². The zero-order chi connectivity index (χ0) is 17.2. The molecule has 25 heavy (non-hydrogen) atoms. The number of carbonyl (C=O) groups excluding carboxylic acids is 1. The van der Waals surface area contributed by atoms with E-state index in [9.17, 15) is 4.79 Å². The molecule has 1 spiro atoms. The molecule has 0 N–H and O–H groups in total. The number of benzene rings is 1. The van der Waals surface area contributed by atoms with Crippen molar-refractivity contribution in [3.63, 3.8) is 0 Å². The van der Waals surface area contributed by atoms with E-state index >= 15 is 0 Å². The van der Waals surface area contributed by atoms with Crippen LogP contribution >= 0.6 is 0 Å². The van der Waals surface area contributed by atoms with Gasteiger partial charge >= 0.3 is 5.97 Å². The normalized spacial score (nSPS) is 33.3. The van der Waals surface area contributed by atoms with Crippen LogP contribution in [-0.2, 0) is 9.53 Å². The molecule has 4 heteroatoms. The largest absolute Gasteiger partial charge is 0.449 e. The molecule has 2 saturated heterocycles. The molecule has 4 nitrogen and oxygen atoms in total. The minimum Gasteiger partial charge on any atom is -0.449 e. The van der Waals surface area contributed by atoms with Crippen LogP contribution in [0.25, 0.3) is 5.57 Å². The van der Waals surface area contributed by atoms with Crippen LogP contribution in [0.3, 0.4) is 0 Å².